The van der Waals surface area contributed by atoms with Gasteiger partial charge in [0, 0.05) is 0 Å². The van der Waals surface area contributed by atoms with E-state index < -0.39 is 15.1 Å². The van der Waals surface area contributed by atoms with Gasteiger partial charge in [0.05, 0.1) is 24.4 Å². The fourth-order valence-electron chi connectivity index (χ4n) is 2.02. The Balaban J connectivity index is 2.32. The molecule has 2 rings (SSSR count). The molecule has 0 aliphatic carbocycles. The van der Waals surface area contributed by atoms with Crippen molar-refractivity contribution in [2.45, 2.75) is 17.1 Å². The molecule has 21 heavy (non-hydrogen) atoms. The van der Waals surface area contributed by atoms with Crippen LogP contribution in [-0.4, -0.2) is 22.6 Å². The van der Waals surface area contributed by atoms with Crippen LogP contribution >= 0.6 is 0 Å². The van der Waals surface area contributed by atoms with Gasteiger partial charge in [-0.3, -0.25) is 0 Å². The van der Waals surface area contributed by atoms with Crippen LogP contribution in [0.5, 0.6) is 11.5 Å². The zero-order valence-electron chi connectivity index (χ0n) is 12.2. The molecule has 5 heteroatoms. The fourth-order valence-corrected chi connectivity index (χ4v) is 3.46. The molecule has 0 spiro atoms. The van der Waals surface area contributed by atoms with Crippen LogP contribution < -0.4 is 9.47 Å². The predicted molar refractivity (Wildman–Crippen MR) is 81.6 cm³/mol. The van der Waals surface area contributed by atoms with Gasteiger partial charge in [-0.1, -0.05) is 12.1 Å². The standard InChI is InChI=1S/C16H18O4S/c1-12(13-4-6-14(19-2)7-5-13)21(17,18)16-10-8-15(20-3)9-11-16/h4-12H,1-3H3/t12-/m0/s1. The van der Waals surface area contributed by atoms with Crippen molar-refractivity contribution in [2.75, 3.05) is 14.2 Å². The van der Waals surface area contributed by atoms with E-state index in [1.807, 2.05) is 0 Å². The van der Waals surface area contributed by atoms with E-state index in [-0.39, 0.29) is 4.90 Å². The molecule has 0 bridgehead atoms. The van der Waals surface area contributed by atoms with Gasteiger partial charge in [0.1, 0.15) is 11.5 Å². The topological polar surface area (TPSA) is 52.6 Å². The van der Waals surface area contributed by atoms with Crippen molar-refractivity contribution in [2.24, 2.45) is 0 Å². The van der Waals surface area contributed by atoms with Crippen LogP contribution in [0.1, 0.15) is 17.7 Å². The number of ether oxygens (including phenoxy) is 2. The van der Waals surface area contributed by atoms with Gasteiger partial charge in [-0.25, -0.2) is 8.42 Å². The SMILES string of the molecule is COc1ccc([C@H](C)S(=O)(=O)c2ccc(OC)cc2)cc1. The molecule has 0 unspecified atom stereocenters. The van der Waals surface area contributed by atoms with Crippen LogP contribution in [0, 0.1) is 0 Å². The lowest BCUT2D eigenvalue weighted by Gasteiger charge is -2.14. The van der Waals surface area contributed by atoms with Crippen LogP contribution in [0.25, 0.3) is 0 Å². The van der Waals surface area contributed by atoms with Crippen molar-refractivity contribution in [1.29, 1.82) is 0 Å². The van der Waals surface area contributed by atoms with Gasteiger partial charge in [-0.15, -0.1) is 0 Å². The summed E-state index contributed by atoms with van der Waals surface area (Å²) in [4.78, 5) is 0.284. The Kier molecular flexibility index (Phi) is 4.53. The van der Waals surface area contributed by atoms with E-state index >= 15 is 0 Å². The fraction of sp³-hybridized carbons (Fsp3) is 0.250. The number of benzene rings is 2. The number of sulfone groups is 1. The van der Waals surface area contributed by atoms with Crippen LogP contribution in [0.15, 0.2) is 53.4 Å². The minimum atomic E-state index is -3.43. The highest BCUT2D eigenvalue weighted by Gasteiger charge is 2.24. The molecule has 2 aromatic rings. The van der Waals surface area contributed by atoms with E-state index in [0.717, 1.165) is 5.56 Å². The quantitative estimate of drug-likeness (QED) is 0.851. The van der Waals surface area contributed by atoms with Crippen molar-refractivity contribution in [1.82, 2.24) is 0 Å². The lowest BCUT2D eigenvalue weighted by Crippen LogP contribution is -2.10. The molecular formula is C16H18O4S. The first-order chi connectivity index (χ1) is 9.98. The molecule has 0 aromatic heterocycles. The summed E-state index contributed by atoms with van der Waals surface area (Å²) in [5, 5.41) is -0.628. The third-order valence-corrected chi connectivity index (χ3v) is 5.57. The van der Waals surface area contributed by atoms with Crippen LogP contribution in [0.2, 0.25) is 0 Å². The van der Waals surface area contributed by atoms with Gasteiger partial charge in [0.25, 0.3) is 0 Å². The van der Waals surface area contributed by atoms with E-state index in [2.05, 4.69) is 0 Å². The van der Waals surface area contributed by atoms with Crippen molar-refractivity contribution in [3.05, 3.63) is 54.1 Å². The van der Waals surface area contributed by atoms with Crippen molar-refractivity contribution in [3.8, 4) is 11.5 Å². The molecule has 0 radical (unpaired) electrons. The van der Waals surface area contributed by atoms with E-state index in [1.54, 1.807) is 69.7 Å². The Morgan fingerprint density at radius 1 is 0.810 bits per heavy atom. The number of rotatable bonds is 5. The second-order valence-corrected chi connectivity index (χ2v) is 6.90. The average Bonchev–Trinajstić information content (AvgIpc) is 2.54. The second-order valence-electron chi connectivity index (χ2n) is 4.64. The molecular weight excluding hydrogens is 288 g/mol. The molecule has 112 valence electrons. The van der Waals surface area contributed by atoms with Gasteiger partial charge in [-0.2, -0.15) is 0 Å². The first-order valence-electron chi connectivity index (χ1n) is 6.51. The Hall–Kier alpha value is -2.01. The summed E-state index contributed by atoms with van der Waals surface area (Å²) >= 11 is 0. The molecule has 2 aromatic carbocycles. The molecule has 1 atom stereocenters. The largest absolute Gasteiger partial charge is 0.497 e. The number of methoxy groups -OCH3 is 2. The molecule has 0 aliphatic rings. The zero-order valence-corrected chi connectivity index (χ0v) is 13.1. The average molecular weight is 306 g/mol. The highest BCUT2D eigenvalue weighted by Crippen LogP contribution is 2.30. The van der Waals surface area contributed by atoms with Crippen molar-refractivity contribution >= 4 is 9.84 Å². The molecule has 0 heterocycles. The van der Waals surface area contributed by atoms with E-state index in [9.17, 15) is 8.42 Å². The molecule has 0 amide bonds. The first-order valence-corrected chi connectivity index (χ1v) is 8.05. The van der Waals surface area contributed by atoms with Crippen LogP contribution in [0.4, 0.5) is 0 Å². The summed E-state index contributed by atoms with van der Waals surface area (Å²) in [5.74, 6) is 1.33. The summed E-state index contributed by atoms with van der Waals surface area (Å²) in [6, 6.07) is 13.5. The minimum Gasteiger partial charge on any atom is -0.497 e. The number of hydrogen-bond acceptors (Lipinski definition) is 4. The highest BCUT2D eigenvalue weighted by atomic mass is 32.2. The van der Waals surface area contributed by atoms with Gasteiger partial charge in [0.2, 0.25) is 0 Å². The maximum Gasteiger partial charge on any atom is 0.185 e. The third kappa shape index (κ3) is 3.19. The Labute approximate surface area is 125 Å². The molecule has 0 saturated carbocycles. The Morgan fingerprint density at radius 3 is 1.67 bits per heavy atom. The first kappa shape index (κ1) is 15.4. The Bertz CT molecular complexity index is 688. The molecule has 0 fully saturated rings. The maximum atomic E-state index is 12.6. The maximum absolute atomic E-state index is 12.6. The Morgan fingerprint density at radius 2 is 1.24 bits per heavy atom. The third-order valence-electron chi connectivity index (χ3n) is 3.44. The molecule has 0 N–H and O–H groups in total. The summed E-state index contributed by atoms with van der Waals surface area (Å²) in [6.07, 6.45) is 0. The normalized spacial score (nSPS) is 12.7. The van der Waals surface area contributed by atoms with Crippen LogP contribution in [-0.2, 0) is 9.84 Å². The molecule has 4 nitrogen and oxygen atoms in total. The molecule has 0 aliphatic heterocycles. The second kappa shape index (κ2) is 6.18. The van der Waals surface area contributed by atoms with Gasteiger partial charge >= 0.3 is 0 Å². The van der Waals surface area contributed by atoms with Crippen molar-refractivity contribution in [3.63, 3.8) is 0 Å². The monoisotopic (exact) mass is 306 g/mol. The van der Waals surface area contributed by atoms with Crippen molar-refractivity contribution < 1.29 is 17.9 Å². The summed E-state index contributed by atoms with van der Waals surface area (Å²) in [7, 11) is -0.312. The predicted octanol–water partition coefficient (Wildman–Crippen LogP) is 3.24. The zero-order chi connectivity index (χ0) is 15.5. The lowest BCUT2D eigenvalue weighted by molar-refractivity contribution is 0.414. The molecule has 0 saturated heterocycles. The highest BCUT2D eigenvalue weighted by molar-refractivity contribution is 7.91. The van der Waals surface area contributed by atoms with Gasteiger partial charge in [-0.05, 0) is 48.9 Å². The van der Waals surface area contributed by atoms with Gasteiger partial charge < -0.3 is 9.47 Å². The van der Waals surface area contributed by atoms with E-state index in [0.29, 0.717) is 11.5 Å². The summed E-state index contributed by atoms with van der Waals surface area (Å²) in [6.45, 7) is 1.68. The van der Waals surface area contributed by atoms with E-state index in [1.165, 1.54) is 0 Å². The lowest BCUT2D eigenvalue weighted by atomic mass is 10.2. The summed E-state index contributed by atoms with van der Waals surface area (Å²) < 4.78 is 35.4. The summed E-state index contributed by atoms with van der Waals surface area (Å²) in [5.41, 5.74) is 0.728. The smallest absolute Gasteiger partial charge is 0.185 e. The minimum absolute atomic E-state index is 0.284. The van der Waals surface area contributed by atoms with Crippen LogP contribution in [0.3, 0.4) is 0 Å². The van der Waals surface area contributed by atoms with E-state index in [4.69, 9.17) is 9.47 Å². The van der Waals surface area contributed by atoms with Gasteiger partial charge in [0.15, 0.2) is 9.84 Å². The number of hydrogen-bond donors (Lipinski definition) is 0.